The highest BCUT2D eigenvalue weighted by molar-refractivity contribution is 5.92. The van der Waals surface area contributed by atoms with Gasteiger partial charge in [-0.1, -0.05) is 28.1 Å². The highest BCUT2D eigenvalue weighted by Crippen LogP contribution is 2.27. The van der Waals surface area contributed by atoms with E-state index < -0.39 is 11.8 Å². The van der Waals surface area contributed by atoms with E-state index in [1.54, 1.807) is 32.6 Å². The minimum absolute atomic E-state index is 0.0314. The summed E-state index contributed by atoms with van der Waals surface area (Å²) in [5.41, 5.74) is 1.45. The SMILES string of the molecule is Cc1ccc(F)c(CNC(=O)c2cn(CCCCn3cc(NC(=O)CN4CCC(F)(F)CC4)nn3)nn2)c1. The molecule has 38 heavy (non-hydrogen) atoms. The van der Waals surface area contributed by atoms with Crippen LogP contribution in [0.25, 0.3) is 0 Å². The Labute approximate surface area is 217 Å². The Morgan fingerprint density at radius 2 is 1.71 bits per heavy atom. The van der Waals surface area contributed by atoms with Crippen molar-refractivity contribution in [3.63, 3.8) is 0 Å². The van der Waals surface area contributed by atoms with Gasteiger partial charge in [-0.2, -0.15) is 0 Å². The standard InChI is InChI=1S/C24H30F3N9O2/c1-17-4-5-19(25)18(12-17)13-28-23(38)20-14-35(32-30-20)8-2-3-9-36-15-21(31-33-36)29-22(37)16-34-10-6-24(26,27)7-11-34/h4-5,12,14-15H,2-3,6-11,13,16H2,1H3,(H,28,38)(H,29,37). The molecule has 0 saturated carbocycles. The lowest BCUT2D eigenvalue weighted by atomic mass is 10.1. The van der Waals surface area contributed by atoms with Gasteiger partial charge >= 0.3 is 0 Å². The van der Waals surface area contributed by atoms with Crippen LogP contribution in [0.3, 0.4) is 0 Å². The van der Waals surface area contributed by atoms with Gasteiger partial charge in [0, 0.05) is 51.1 Å². The number of hydrogen-bond donors (Lipinski definition) is 2. The smallest absolute Gasteiger partial charge is 0.273 e. The number of amides is 2. The number of hydrogen-bond acceptors (Lipinski definition) is 7. The topological polar surface area (TPSA) is 123 Å². The summed E-state index contributed by atoms with van der Waals surface area (Å²) in [6.07, 6.45) is 4.11. The fourth-order valence-electron chi connectivity index (χ4n) is 4.05. The molecule has 1 fully saturated rings. The number of aryl methyl sites for hydroxylation is 3. The lowest BCUT2D eigenvalue weighted by molar-refractivity contribution is -0.119. The summed E-state index contributed by atoms with van der Waals surface area (Å²) in [4.78, 5) is 26.2. The molecule has 2 amide bonds. The van der Waals surface area contributed by atoms with Crippen LogP contribution in [0.2, 0.25) is 0 Å². The summed E-state index contributed by atoms with van der Waals surface area (Å²) < 4.78 is 43.5. The van der Waals surface area contributed by atoms with Crippen molar-refractivity contribution in [3.05, 3.63) is 53.2 Å². The van der Waals surface area contributed by atoms with Crippen LogP contribution >= 0.6 is 0 Å². The van der Waals surface area contributed by atoms with Crippen LogP contribution in [-0.4, -0.2) is 72.3 Å². The third kappa shape index (κ3) is 7.84. The van der Waals surface area contributed by atoms with Crippen molar-refractivity contribution >= 4 is 17.6 Å². The van der Waals surface area contributed by atoms with Gasteiger partial charge in [0.1, 0.15) is 5.82 Å². The molecule has 0 aliphatic carbocycles. The van der Waals surface area contributed by atoms with E-state index >= 15 is 0 Å². The zero-order chi connectivity index (χ0) is 27.1. The zero-order valence-corrected chi connectivity index (χ0v) is 21.0. The lowest BCUT2D eigenvalue weighted by Crippen LogP contribution is -2.43. The molecule has 0 unspecified atom stereocenters. The molecule has 3 aromatic rings. The van der Waals surface area contributed by atoms with E-state index in [9.17, 15) is 22.8 Å². The number of nitrogens with zero attached hydrogens (tertiary/aromatic N) is 7. The van der Waals surface area contributed by atoms with Crippen LogP contribution in [0.1, 0.15) is 47.3 Å². The first-order chi connectivity index (χ1) is 18.2. The van der Waals surface area contributed by atoms with E-state index in [1.165, 1.54) is 12.3 Å². The average Bonchev–Trinajstić information content (AvgIpc) is 3.53. The number of nitrogens with one attached hydrogen (secondary N) is 2. The highest BCUT2D eigenvalue weighted by Gasteiger charge is 2.34. The fourth-order valence-corrected chi connectivity index (χ4v) is 4.05. The third-order valence-electron chi connectivity index (χ3n) is 6.20. The summed E-state index contributed by atoms with van der Waals surface area (Å²) in [7, 11) is 0. The van der Waals surface area contributed by atoms with Crippen molar-refractivity contribution in [2.24, 2.45) is 0 Å². The molecule has 14 heteroatoms. The Kier molecular flexibility index (Phi) is 8.71. The molecule has 204 valence electrons. The Morgan fingerprint density at radius 3 is 2.45 bits per heavy atom. The normalized spacial score (nSPS) is 15.4. The van der Waals surface area contributed by atoms with E-state index in [0.717, 1.165) is 18.4 Å². The van der Waals surface area contributed by atoms with Gasteiger partial charge in [-0.3, -0.25) is 23.9 Å². The van der Waals surface area contributed by atoms with Crippen molar-refractivity contribution in [1.29, 1.82) is 0 Å². The Morgan fingerprint density at radius 1 is 1.03 bits per heavy atom. The summed E-state index contributed by atoms with van der Waals surface area (Å²) in [5.74, 6) is -3.49. The van der Waals surface area contributed by atoms with Crippen molar-refractivity contribution in [1.82, 2.24) is 40.2 Å². The summed E-state index contributed by atoms with van der Waals surface area (Å²) in [5, 5.41) is 21.1. The predicted octanol–water partition coefficient (Wildman–Crippen LogP) is 2.40. The molecule has 2 N–H and O–H groups in total. The van der Waals surface area contributed by atoms with Gasteiger partial charge in [0.05, 0.1) is 18.9 Å². The molecule has 11 nitrogen and oxygen atoms in total. The number of rotatable bonds is 11. The average molecular weight is 534 g/mol. The number of carbonyl (C=O) groups excluding carboxylic acids is 2. The van der Waals surface area contributed by atoms with Gasteiger partial charge < -0.3 is 10.6 Å². The van der Waals surface area contributed by atoms with Crippen LogP contribution in [-0.2, 0) is 24.4 Å². The number of likely N-dealkylation sites (tertiary alicyclic amines) is 1. The maximum absolute atomic E-state index is 13.9. The maximum atomic E-state index is 13.9. The minimum Gasteiger partial charge on any atom is -0.346 e. The maximum Gasteiger partial charge on any atom is 0.273 e. The molecule has 2 aromatic heterocycles. The quantitative estimate of drug-likeness (QED) is 0.363. The first-order valence-electron chi connectivity index (χ1n) is 12.4. The minimum atomic E-state index is -2.65. The molecule has 0 bridgehead atoms. The molecule has 1 aliphatic rings. The largest absolute Gasteiger partial charge is 0.346 e. The molecule has 4 rings (SSSR count). The number of halogens is 3. The summed E-state index contributed by atoms with van der Waals surface area (Å²) >= 11 is 0. The lowest BCUT2D eigenvalue weighted by Gasteiger charge is -2.30. The van der Waals surface area contributed by atoms with Gasteiger partial charge in [-0.15, -0.1) is 10.2 Å². The van der Waals surface area contributed by atoms with Crippen LogP contribution in [0.4, 0.5) is 19.0 Å². The summed E-state index contributed by atoms with van der Waals surface area (Å²) in [6.45, 7) is 3.37. The van der Waals surface area contributed by atoms with Crippen LogP contribution in [0, 0.1) is 12.7 Å². The molecule has 1 saturated heterocycles. The Hall–Kier alpha value is -3.81. The molecule has 0 radical (unpaired) electrons. The fraction of sp³-hybridized carbons (Fsp3) is 0.500. The van der Waals surface area contributed by atoms with Gasteiger partial charge in [-0.25, -0.2) is 13.2 Å². The molecule has 1 aliphatic heterocycles. The molecule has 0 spiro atoms. The number of alkyl halides is 2. The first-order valence-corrected chi connectivity index (χ1v) is 12.4. The number of piperidine rings is 1. The molecule has 3 heterocycles. The van der Waals surface area contributed by atoms with Gasteiger partial charge in [0.25, 0.3) is 11.8 Å². The van der Waals surface area contributed by atoms with E-state index in [-0.39, 0.29) is 56.4 Å². The predicted molar refractivity (Wildman–Crippen MR) is 131 cm³/mol. The van der Waals surface area contributed by atoms with E-state index in [2.05, 4.69) is 31.3 Å². The van der Waals surface area contributed by atoms with E-state index in [0.29, 0.717) is 24.5 Å². The van der Waals surface area contributed by atoms with E-state index in [1.807, 2.05) is 6.92 Å². The second kappa shape index (κ2) is 12.2. The summed E-state index contributed by atoms with van der Waals surface area (Å²) in [6, 6.07) is 4.71. The van der Waals surface area contributed by atoms with Crippen molar-refractivity contribution in [3.8, 4) is 0 Å². The van der Waals surface area contributed by atoms with Crippen LogP contribution < -0.4 is 10.6 Å². The second-order valence-corrected chi connectivity index (χ2v) is 9.40. The first kappa shape index (κ1) is 27.2. The number of benzene rings is 1. The third-order valence-corrected chi connectivity index (χ3v) is 6.20. The molecule has 1 aromatic carbocycles. The van der Waals surface area contributed by atoms with Crippen LogP contribution in [0.15, 0.2) is 30.6 Å². The van der Waals surface area contributed by atoms with Gasteiger partial charge in [0.2, 0.25) is 5.91 Å². The monoisotopic (exact) mass is 533 g/mol. The highest BCUT2D eigenvalue weighted by atomic mass is 19.3. The Bertz CT molecular complexity index is 1250. The van der Waals surface area contributed by atoms with Crippen molar-refractivity contribution < 1.29 is 22.8 Å². The van der Waals surface area contributed by atoms with Crippen molar-refractivity contribution in [2.75, 3.05) is 25.0 Å². The molecular formula is C24H30F3N9O2. The molecular weight excluding hydrogens is 503 g/mol. The van der Waals surface area contributed by atoms with Crippen LogP contribution in [0.5, 0.6) is 0 Å². The second-order valence-electron chi connectivity index (χ2n) is 9.40. The molecule has 0 atom stereocenters. The van der Waals surface area contributed by atoms with E-state index in [4.69, 9.17) is 0 Å². The number of unbranched alkanes of at least 4 members (excludes halogenated alkanes) is 1. The number of aromatic nitrogens is 6. The van der Waals surface area contributed by atoms with Gasteiger partial charge in [0.15, 0.2) is 11.5 Å². The van der Waals surface area contributed by atoms with Crippen molar-refractivity contribution in [2.45, 2.75) is 58.2 Å². The zero-order valence-electron chi connectivity index (χ0n) is 21.0. The van der Waals surface area contributed by atoms with Gasteiger partial charge in [-0.05, 0) is 25.8 Å². The Balaban J connectivity index is 1.14. The number of anilines is 1. The number of carbonyl (C=O) groups is 2.